The number of aromatic nitrogens is 2. The SMILES string of the molecule is Cc1sc(-c2noc(C3CC3)n2)cc1S(=O)(=O)N1CCC[C@H](C(=O)Nc2ccc(F)cc2)C1. The normalized spacial score (nSPS) is 19.5. The molecule has 0 bridgehead atoms. The van der Waals surface area contributed by atoms with E-state index >= 15 is 0 Å². The molecular formula is C22H23FN4O4S2. The molecule has 1 aliphatic heterocycles. The summed E-state index contributed by atoms with van der Waals surface area (Å²) in [5.41, 5.74) is 0.477. The number of amides is 1. The van der Waals surface area contributed by atoms with E-state index < -0.39 is 21.8 Å². The van der Waals surface area contributed by atoms with E-state index in [0.717, 1.165) is 12.8 Å². The van der Waals surface area contributed by atoms with Crippen LogP contribution in [-0.2, 0) is 14.8 Å². The first kappa shape index (κ1) is 22.2. The van der Waals surface area contributed by atoms with E-state index in [1.54, 1.807) is 13.0 Å². The molecule has 2 aliphatic rings. The number of piperidine rings is 1. The van der Waals surface area contributed by atoms with Gasteiger partial charge < -0.3 is 9.84 Å². The van der Waals surface area contributed by atoms with Crippen molar-refractivity contribution in [3.05, 3.63) is 46.9 Å². The Morgan fingerprint density at radius 3 is 2.73 bits per heavy atom. The van der Waals surface area contributed by atoms with Crippen LogP contribution in [0.2, 0.25) is 0 Å². The number of halogens is 1. The van der Waals surface area contributed by atoms with Crippen LogP contribution in [0.15, 0.2) is 39.8 Å². The van der Waals surface area contributed by atoms with E-state index in [-0.39, 0.29) is 17.3 Å². The smallest absolute Gasteiger partial charge is 0.244 e. The molecule has 1 atom stereocenters. The van der Waals surface area contributed by atoms with E-state index in [1.807, 2.05) is 0 Å². The summed E-state index contributed by atoms with van der Waals surface area (Å²) in [6.07, 6.45) is 3.23. The summed E-state index contributed by atoms with van der Waals surface area (Å²) in [7, 11) is -3.79. The number of nitrogens with zero attached hydrogens (tertiary/aromatic N) is 3. The molecule has 1 saturated heterocycles. The molecule has 2 aromatic heterocycles. The van der Waals surface area contributed by atoms with Crippen LogP contribution in [0.1, 0.15) is 42.4 Å². The van der Waals surface area contributed by atoms with Gasteiger partial charge in [0.05, 0.1) is 15.7 Å². The fourth-order valence-electron chi connectivity index (χ4n) is 3.95. The molecule has 0 radical (unpaired) electrons. The zero-order valence-electron chi connectivity index (χ0n) is 18.0. The average Bonchev–Trinajstić information content (AvgIpc) is 3.39. The van der Waals surface area contributed by atoms with E-state index in [9.17, 15) is 17.6 Å². The number of thiophene rings is 1. The van der Waals surface area contributed by atoms with Crippen LogP contribution in [0.3, 0.4) is 0 Å². The first-order chi connectivity index (χ1) is 15.8. The fourth-order valence-corrected chi connectivity index (χ4v) is 6.96. The van der Waals surface area contributed by atoms with Crippen molar-refractivity contribution in [2.75, 3.05) is 18.4 Å². The zero-order valence-corrected chi connectivity index (χ0v) is 19.6. The number of rotatable bonds is 6. The molecule has 0 spiro atoms. The molecule has 3 heterocycles. The molecule has 8 nitrogen and oxygen atoms in total. The summed E-state index contributed by atoms with van der Waals surface area (Å²) in [6, 6.07) is 7.09. The Bertz CT molecular complexity index is 1280. The topological polar surface area (TPSA) is 105 Å². The van der Waals surface area contributed by atoms with Gasteiger partial charge in [0.2, 0.25) is 27.6 Å². The van der Waals surface area contributed by atoms with Crippen LogP contribution in [0.5, 0.6) is 0 Å². The van der Waals surface area contributed by atoms with E-state index in [4.69, 9.17) is 4.52 Å². The first-order valence-corrected chi connectivity index (χ1v) is 13.1. The molecule has 1 aromatic carbocycles. The Labute approximate surface area is 194 Å². The Morgan fingerprint density at radius 2 is 2.00 bits per heavy atom. The molecule has 11 heteroatoms. The summed E-state index contributed by atoms with van der Waals surface area (Å²) in [6.45, 7) is 2.20. The molecular weight excluding hydrogens is 467 g/mol. The Morgan fingerprint density at radius 1 is 1.24 bits per heavy atom. The van der Waals surface area contributed by atoms with Crippen LogP contribution >= 0.6 is 11.3 Å². The van der Waals surface area contributed by atoms with E-state index in [2.05, 4.69) is 15.5 Å². The van der Waals surface area contributed by atoms with Crippen molar-refractivity contribution in [2.45, 2.75) is 43.4 Å². The van der Waals surface area contributed by atoms with Crippen LogP contribution < -0.4 is 5.32 Å². The summed E-state index contributed by atoms with van der Waals surface area (Å²) in [4.78, 5) is 18.6. The zero-order chi connectivity index (χ0) is 23.2. The average molecular weight is 491 g/mol. The number of anilines is 1. The molecule has 174 valence electrons. The molecule has 1 aliphatic carbocycles. The van der Waals surface area contributed by atoms with Crippen LogP contribution in [0, 0.1) is 18.7 Å². The standard InChI is InChI=1S/C22H23FN4O4S2/c1-13-19(11-18(32-13)20-25-22(31-26-20)14-4-5-14)33(29,30)27-10-2-3-15(12-27)21(28)24-17-8-6-16(23)7-9-17/h6-9,11,14-15H,2-5,10,12H2,1H3,(H,24,28)/t15-/m0/s1. The highest BCUT2D eigenvalue weighted by atomic mass is 32.2. The van der Waals surface area contributed by atoms with Gasteiger partial charge >= 0.3 is 0 Å². The van der Waals surface area contributed by atoms with Crippen LogP contribution in [0.4, 0.5) is 10.1 Å². The Balaban J connectivity index is 1.32. The third-order valence-corrected chi connectivity index (χ3v) is 9.11. The third-order valence-electron chi connectivity index (χ3n) is 5.95. The summed E-state index contributed by atoms with van der Waals surface area (Å²) < 4.78 is 46.7. The lowest BCUT2D eigenvalue weighted by molar-refractivity contribution is -0.120. The van der Waals surface area contributed by atoms with Gasteiger partial charge in [0.25, 0.3) is 0 Å². The second-order valence-corrected chi connectivity index (χ2v) is 11.6. The lowest BCUT2D eigenvalue weighted by Gasteiger charge is -2.31. The Kier molecular flexibility index (Phi) is 5.79. The van der Waals surface area contributed by atoms with Gasteiger partial charge in [-0.15, -0.1) is 11.3 Å². The Hall–Kier alpha value is -2.63. The molecule has 1 amide bonds. The van der Waals surface area contributed by atoms with E-state index in [0.29, 0.717) is 52.5 Å². The van der Waals surface area contributed by atoms with Gasteiger partial charge in [-0.1, -0.05) is 5.16 Å². The molecule has 3 aromatic rings. The maximum absolute atomic E-state index is 13.4. The quantitative estimate of drug-likeness (QED) is 0.556. The number of carbonyl (C=O) groups is 1. The van der Waals surface area contributed by atoms with Gasteiger partial charge in [0, 0.05) is 29.6 Å². The number of benzene rings is 1. The van der Waals surface area contributed by atoms with Gasteiger partial charge in [-0.3, -0.25) is 4.79 Å². The minimum absolute atomic E-state index is 0.0913. The maximum atomic E-state index is 13.4. The minimum atomic E-state index is -3.79. The maximum Gasteiger partial charge on any atom is 0.244 e. The van der Waals surface area contributed by atoms with Gasteiger partial charge in [-0.05, 0) is 62.9 Å². The van der Waals surface area contributed by atoms with Gasteiger partial charge in [0.1, 0.15) is 5.82 Å². The summed E-state index contributed by atoms with van der Waals surface area (Å²) in [5, 5.41) is 6.77. The van der Waals surface area contributed by atoms with Crippen molar-refractivity contribution in [1.29, 1.82) is 0 Å². The fraction of sp³-hybridized carbons (Fsp3) is 0.409. The van der Waals surface area contributed by atoms with Crippen molar-refractivity contribution < 1.29 is 22.1 Å². The van der Waals surface area contributed by atoms with Gasteiger partial charge in [-0.25, -0.2) is 12.8 Å². The number of aryl methyl sites for hydroxylation is 1. The highest BCUT2D eigenvalue weighted by Crippen LogP contribution is 2.41. The first-order valence-electron chi connectivity index (χ1n) is 10.8. The second-order valence-electron chi connectivity index (χ2n) is 8.46. The monoisotopic (exact) mass is 490 g/mol. The number of hydrogen-bond donors (Lipinski definition) is 1. The predicted molar refractivity (Wildman–Crippen MR) is 121 cm³/mol. The highest BCUT2D eigenvalue weighted by Gasteiger charge is 2.35. The minimum Gasteiger partial charge on any atom is -0.339 e. The molecule has 0 unspecified atom stereocenters. The largest absolute Gasteiger partial charge is 0.339 e. The van der Waals surface area contributed by atoms with Crippen molar-refractivity contribution in [3.8, 4) is 10.7 Å². The lowest BCUT2D eigenvalue weighted by Crippen LogP contribution is -2.43. The van der Waals surface area contributed by atoms with Crippen molar-refractivity contribution in [3.63, 3.8) is 0 Å². The van der Waals surface area contributed by atoms with Crippen LogP contribution in [0.25, 0.3) is 10.7 Å². The third kappa shape index (κ3) is 4.57. The number of carbonyl (C=O) groups excluding carboxylic acids is 1. The van der Waals surface area contributed by atoms with Crippen LogP contribution in [-0.4, -0.2) is 41.9 Å². The summed E-state index contributed by atoms with van der Waals surface area (Å²) in [5.74, 6) is 0.173. The molecule has 2 fully saturated rings. The molecule has 33 heavy (non-hydrogen) atoms. The summed E-state index contributed by atoms with van der Waals surface area (Å²) >= 11 is 1.31. The van der Waals surface area contributed by atoms with Crippen molar-refractivity contribution >= 4 is 33.0 Å². The molecule has 1 saturated carbocycles. The van der Waals surface area contributed by atoms with Crippen molar-refractivity contribution in [1.82, 2.24) is 14.4 Å². The number of hydrogen-bond acceptors (Lipinski definition) is 7. The molecule has 5 rings (SSSR count). The number of nitrogens with one attached hydrogen (secondary N) is 1. The van der Waals surface area contributed by atoms with Crippen molar-refractivity contribution in [2.24, 2.45) is 5.92 Å². The van der Waals surface area contributed by atoms with Gasteiger partial charge in [-0.2, -0.15) is 9.29 Å². The molecule has 1 N–H and O–H groups in total. The number of sulfonamides is 1. The second kappa shape index (κ2) is 8.62. The van der Waals surface area contributed by atoms with E-state index in [1.165, 1.54) is 39.9 Å². The predicted octanol–water partition coefficient (Wildman–Crippen LogP) is 4.16. The lowest BCUT2D eigenvalue weighted by atomic mass is 9.99. The van der Waals surface area contributed by atoms with Gasteiger partial charge in [0.15, 0.2) is 0 Å². The highest BCUT2D eigenvalue weighted by molar-refractivity contribution is 7.89.